The molecule has 0 bridgehead atoms. The molecule has 0 spiro atoms. The quantitative estimate of drug-likeness (QED) is 0.765. The SMILES string of the molecule is CC#CC1(O)CC[C@@H]2[C@H](CCC3=CC(=O)CCC3)[C@H](C)CC[C@@]21C. The predicted molar refractivity (Wildman–Crippen MR) is 97.3 cm³/mol. The Morgan fingerprint density at radius 1 is 1.29 bits per heavy atom. The molecule has 3 aliphatic rings. The first-order chi connectivity index (χ1) is 11.4. The molecule has 2 fully saturated rings. The largest absolute Gasteiger partial charge is 0.377 e. The van der Waals surface area contributed by atoms with Crippen molar-refractivity contribution in [3.05, 3.63) is 11.6 Å². The minimum absolute atomic E-state index is 0.0655. The average Bonchev–Trinajstić information content (AvgIpc) is 2.80. The Hall–Kier alpha value is -1.07. The second kappa shape index (κ2) is 6.68. The molecule has 3 rings (SSSR count). The van der Waals surface area contributed by atoms with Gasteiger partial charge in [0.15, 0.2) is 5.78 Å². The highest BCUT2D eigenvalue weighted by atomic mass is 16.3. The number of aliphatic hydroxyl groups is 1. The van der Waals surface area contributed by atoms with Gasteiger partial charge >= 0.3 is 0 Å². The average molecular weight is 328 g/mol. The Morgan fingerprint density at radius 2 is 2.08 bits per heavy atom. The Morgan fingerprint density at radius 3 is 2.79 bits per heavy atom. The third kappa shape index (κ3) is 2.97. The Kier molecular flexibility index (Phi) is 4.94. The van der Waals surface area contributed by atoms with Crippen molar-refractivity contribution < 1.29 is 9.90 Å². The van der Waals surface area contributed by atoms with E-state index in [-0.39, 0.29) is 5.41 Å². The number of hydrogen-bond donors (Lipinski definition) is 1. The molecule has 2 nitrogen and oxygen atoms in total. The monoisotopic (exact) mass is 328 g/mol. The second-order valence-corrected chi connectivity index (χ2v) is 8.64. The maximum absolute atomic E-state index is 11.7. The van der Waals surface area contributed by atoms with Crippen LogP contribution in [0.25, 0.3) is 0 Å². The van der Waals surface area contributed by atoms with Crippen LogP contribution in [-0.2, 0) is 4.79 Å². The van der Waals surface area contributed by atoms with Crippen LogP contribution < -0.4 is 0 Å². The zero-order valence-corrected chi connectivity index (χ0v) is 15.5. The van der Waals surface area contributed by atoms with Gasteiger partial charge in [0.1, 0.15) is 5.60 Å². The maximum Gasteiger partial charge on any atom is 0.155 e. The van der Waals surface area contributed by atoms with E-state index in [1.165, 1.54) is 12.0 Å². The number of hydrogen-bond acceptors (Lipinski definition) is 2. The molecule has 5 atom stereocenters. The summed E-state index contributed by atoms with van der Waals surface area (Å²) in [5.41, 5.74) is 0.488. The van der Waals surface area contributed by atoms with E-state index in [1.54, 1.807) is 0 Å². The zero-order chi connectivity index (χ0) is 17.4. The standard InChI is InChI=1S/C22H32O2/c1-4-12-22(24)14-11-20-19(16(2)10-13-21(20,22)3)9-8-17-6-5-7-18(23)15-17/h15-16,19-20,24H,5-11,13-14H2,1-3H3/t16-,19-,20-,21+,22?/m1/s1. The summed E-state index contributed by atoms with van der Waals surface area (Å²) in [4.78, 5) is 11.7. The lowest BCUT2D eigenvalue weighted by molar-refractivity contribution is -0.115. The van der Waals surface area contributed by atoms with Crippen LogP contribution >= 0.6 is 0 Å². The molecular weight excluding hydrogens is 296 g/mol. The summed E-state index contributed by atoms with van der Waals surface area (Å²) in [6.45, 7) is 6.50. The van der Waals surface area contributed by atoms with Crippen molar-refractivity contribution in [3.63, 3.8) is 0 Å². The molecular formula is C22H32O2. The van der Waals surface area contributed by atoms with Crippen molar-refractivity contribution in [1.82, 2.24) is 0 Å². The molecule has 24 heavy (non-hydrogen) atoms. The highest BCUT2D eigenvalue weighted by Gasteiger charge is 2.59. The number of allylic oxidation sites excluding steroid dienone is 2. The van der Waals surface area contributed by atoms with Gasteiger partial charge in [0.2, 0.25) is 0 Å². The lowest BCUT2D eigenvalue weighted by Gasteiger charge is -2.49. The smallest absolute Gasteiger partial charge is 0.155 e. The van der Waals surface area contributed by atoms with Crippen LogP contribution in [0.4, 0.5) is 0 Å². The highest BCUT2D eigenvalue weighted by molar-refractivity contribution is 5.91. The van der Waals surface area contributed by atoms with Crippen LogP contribution in [0.5, 0.6) is 0 Å². The van der Waals surface area contributed by atoms with Gasteiger partial charge in [-0.05, 0) is 82.1 Å². The summed E-state index contributed by atoms with van der Waals surface area (Å²) in [6, 6.07) is 0. The third-order valence-electron chi connectivity index (χ3n) is 7.36. The van der Waals surface area contributed by atoms with Gasteiger partial charge < -0.3 is 5.11 Å². The maximum atomic E-state index is 11.7. The summed E-state index contributed by atoms with van der Waals surface area (Å²) in [5.74, 6) is 8.36. The fraction of sp³-hybridized carbons (Fsp3) is 0.773. The molecule has 0 heterocycles. The van der Waals surface area contributed by atoms with E-state index in [1.807, 2.05) is 13.0 Å². The lowest BCUT2D eigenvalue weighted by Crippen LogP contribution is -2.49. The molecule has 0 amide bonds. The summed E-state index contributed by atoms with van der Waals surface area (Å²) >= 11 is 0. The second-order valence-electron chi connectivity index (χ2n) is 8.64. The fourth-order valence-corrected chi connectivity index (χ4v) is 5.80. The first-order valence-electron chi connectivity index (χ1n) is 9.78. The van der Waals surface area contributed by atoms with Gasteiger partial charge in [-0.2, -0.15) is 0 Å². The van der Waals surface area contributed by atoms with E-state index in [0.717, 1.165) is 51.4 Å². The van der Waals surface area contributed by atoms with Gasteiger partial charge in [-0.3, -0.25) is 4.79 Å². The molecule has 3 aliphatic carbocycles. The van der Waals surface area contributed by atoms with Gasteiger partial charge in [-0.15, -0.1) is 5.92 Å². The van der Waals surface area contributed by atoms with E-state index in [9.17, 15) is 9.90 Å². The fourth-order valence-electron chi connectivity index (χ4n) is 5.80. The molecule has 1 unspecified atom stereocenters. The van der Waals surface area contributed by atoms with Gasteiger partial charge in [-0.1, -0.05) is 25.3 Å². The van der Waals surface area contributed by atoms with E-state index in [2.05, 4.69) is 25.7 Å². The predicted octanol–water partition coefficient (Wildman–Crippen LogP) is 4.66. The van der Waals surface area contributed by atoms with Crippen molar-refractivity contribution in [2.24, 2.45) is 23.2 Å². The molecule has 0 aliphatic heterocycles. The van der Waals surface area contributed by atoms with Gasteiger partial charge in [0.05, 0.1) is 0 Å². The van der Waals surface area contributed by atoms with Crippen molar-refractivity contribution in [3.8, 4) is 11.8 Å². The summed E-state index contributed by atoms with van der Waals surface area (Å²) in [7, 11) is 0. The molecule has 0 saturated heterocycles. The lowest BCUT2D eigenvalue weighted by atomic mass is 9.56. The van der Waals surface area contributed by atoms with Crippen molar-refractivity contribution in [2.45, 2.75) is 84.2 Å². The summed E-state index contributed by atoms with van der Waals surface area (Å²) in [6.07, 6.45) is 11.2. The van der Waals surface area contributed by atoms with Gasteiger partial charge in [0.25, 0.3) is 0 Å². The molecule has 132 valence electrons. The van der Waals surface area contributed by atoms with Crippen LogP contribution in [0.3, 0.4) is 0 Å². The molecule has 2 saturated carbocycles. The third-order valence-corrected chi connectivity index (χ3v) is 7.36. The molecule has 0 aromatic carbocycles. The first kappa shape index (κ1) is 17.7. The number of ketones is 1. The van der Waals surface area contributed by atoms with E-state index < -0.39 is 5.60 Å². The minimum atomic E-state index is -0.801. The molecule has 2 heteroatoms. The van der Waals surface area contributed by atoms with E-state index in [0.29, 0.717) is 23.5 Å². The minimum Gasteiger partial charge on any atom is -0.377 e. The van der Waals surface area contributed by atoms with Gasteiger partial charge in [-0.25, -0.2) is 0 Å². The number of carbonyl (C=O) groups excluding carboxylic acids is 1. The van der Waals surface area contributed by atoms with E-state index >= 15 is 0 Å². The normalized spacial score (nSPS) is 42.1. The molecule has 0 aromatic rings. The highest BCUT2D eigenvalue weighted by Crippen LogP contribution is 2.61. The van der Waals surface area contributed by atoms with Crippen molar-refractivity contribution in [1.29, 1.82) is 0 Å². The Balaban J connectivity index is 1.75. The Labute approximate surface area is 147 Å². The number of fused-ring (bicyclic) bond motifs is 1. The van der Waals surface area contributed by atoms with Crippen molar-refractivity contribution >= 4 is 5.78 Å². The summed E-state index contributed by atoms with van der Waals surface area (Å²) < 4.78 is 0. The van der Waals surface area contributed by atoms with Crippen molar-refractivity contribution in [2.75, 3.05) is 0 Å². The molecule has 0 radical (unpaired) electrons. The summed E-state index contributed by atoms with van der Waals surface area (Å²) in [5, 5.41) is 11.2. The topological polar surface area (TPSA) is 37.3 Å². The number of rotatable bonds is 3. The van der Waals surface area contributed by atoms with Gasteiger partial charge in [0, 0.05) is 11.8 Å². The zero-order valence-electron chi connectivity index (χ0n) is 15.5. The first-order valence-corrected chi connectivity index (χ1v) is 9.78. The van der Waals surface area contributed by atoms with Crippen LogP contribution in [0.1, 0.15) is 78.6 Å². The number of carbonyl (C=O) groups is 1. The van der Waals surface area contributed by atoms with Crippen LogP contribution in [-0.4, -0.2) is 16.5 Å². The molecule has 1 N–H and O–H groups in total. The Bertz CT molecular complexity index is 593. The van der Waals surface area contributed by atoms with Crippen LogP contribution in [0.2, 0.25) is 0 Å². The molecule has 0 aromatic heterocycles. The van der Waals surface area contributed by atoms with E-state index in [4.69, 9.17) is 0 Å². The van der Waals surface area contributed by atoms with Crippen LogP contribution in [0.15, 0.2) is 11.6 Å². The van der Waals surface area contributed by atoms with Crippen LogP contribution in [0, 0.1) is 35.0 Å².